The number of rotatable bonds is 2. The van der Waals surface area contributed by atoms with Crippen molar-refractivity contribution in [2.75, 3.05) is 7.11 Å². The topological polar surface area (TPSA) is 36.3 Å². The van der Waals surface area contributed by atoms with Gasteiger partial charge in [-0.3, -0.25) is 0 Å². The lowest BCUT2D eigenvalue weighted by Gasteiger charge is -2.40. The second kappa shape index (κ2) is 3.52. The third-order valence-corrected chi connectivity index (χ3v) is 3.52. The average molecular weight is 196 g/mol. The first kappa shape index (κ1) is 11.5. The van der Waals surface area contributed by atoms with E-state index < -0.39 is 0 Å². The van der Waals surface area contributed by atoms with Gasteiger partial charge in [0, 0.05) is 5.54 Å². The summed E-state index contributed by atoms with van der Waals surface area (Å²) in [4.78, 5) is 5.45. The van der Waals surface area contributed by atoms with Crippen LogP contribution in [0.25, 0.3) is 0 Å². The molecule has 1 aliphatic heterocycles. The smallest absolute Gasteiger partial charge is 0.0686 e. The normalized spacial score (nSPS) is 37.0. The first-order valence-electron chi connectivity index (χ1n) is 5.16. The van der Waals surface area contributed by atoms with E-state index in [9.17, 15) is 0 Å². The first-order chi connectivity index (χ1) is 6.42. The number of hydrogen-bond acceptors (Lipinski definition) is 3. The molecular weight excluding hydrogens is 176 g/mol. The molecule has 0 N–H and O–H groups in total. The van der Waals surface area contributed by atoms with E-state index in [4.69, 9.17) is 10.1 Å². The lowest BCUT2D eigenvalue weighted by Crippen LogP contribution is -2.50. The molecule has 0 aromatic heterocycles. The molecule has 0 aromatic rings. The van der Waals surface area contributed by atoms with Crippen LogP contribution >= 0.6 is 0 Å². The summed E-state index contributed by atoms with van der Waals surface area (Å²) in [7, 11) is 1.69. The Bertz CT molecular complexity index is 257. The van der Waals surface area contributed by atoms with Crippen LogP contribution in [0.2, 0.25) is 0 Å². The van der Waals surface area contributed by atoms with E-state index in [-0.39, 0.29) is 17.0 Å². The van der Waals surface area contributed by atoms with Gasteiger partial charge in [-0.1, -0.05) is 6.92 Å². The maximum absolute atomic E-state index is 9.15. The standard InChI is InChI=1S/C11H20N2O/c1-6-11(4)9(8-12)7-10(2,3)13(11)14-5/h9H,6-7H2,1-5H3. The van der Waals surface area contributed by atoms with Crippen LogP contribution in [0.3, 0.4) is 0 Å². The molecule has 0 aromatic carbocycles. The van der Waals surface area contributed by atoms with E-state index in [1.54, 1.807) is 7.11 Å². The zero-order valence-electron chi connectivity index (χ0n) is 9.79. The van der Waals surface area contributed by atoms with Crippen LogP contribution in [0.5, 0.6) is 0 Å². The van der Waals surface area contributed by atoms with E-state index in [0.29, 0.717) is 0 Å². The van der Waals surface area contributed by atoms with Crippen LogP contribution in [0.1, 0.15) is 40.5 Å². The van der Waals surface area contributed by atoms with Gasteiger partial charge in [0.05, 0.1) is 24.6 Å². The second-order valence-electron chi connectivity index (χ2n) is 4.89. The average Bonchev–Trinajstić information content (AvgIpc) is 2.33. The predicted molar refractivity (Wildman–Crippen MR) is 55.3 cm³/mol. The monoisotopic (exact) mass is 196 g/mol. The Kier molecular flexibility index (Phi) is 2.89. The highest BCUT2D eigenvalue weighted by molar-refractivity contribution is 5.11. The zero-order valence-corrected chi connectivity index (χ0v) is 9.79. The minimum atomic E-state index is -0.146. The zero-order chi connectivity index (χ0) is 11.0. The summed E-state index contributed by atoms with van der Waals surface area (Å²) in [5, 5.41) is 11.1. The lowest BCUT2D eigenvalue weighted by atomic mass is 9.85. The molecule has 1 rings (SSSR count). The number of hydroxylamine groups is 2. The van der Waals surface area contributed by atoms with Crippen molar-refractivity contribution in [3.8, 4) is 6.07 Å². The van der Waals surface area contributed by atoms with E-state index in [1.165, 1.54) is 0 Å². The molecule has 0 aliphatic carbocycles. The number of nitriles is 1. The lowest BCUT2D eigenvalue weighted by molar-refractivity contribution is -0.227. The van der Waals surface area contributed by atoms with Gasteiger partial charge in [0.1, 0.15) is 0 Å². The molecule has 0 amide bonds. The Morgan fingerprint density at radius 3 is 2.43 bits per heavy atom. The van der Waals surface area contributed by atoms with Crippen molar-refractivity contribution in [1.29, 1.82) is 5.26 Å². The molecule has 1 heterocycles. The quantitative estimate of drug-likeness (QED) is 0.680. The van der Waals surface area contributed by atoms with E-state index in [0.717, 1.165) is 12.8 Å². The van der Waals surface area contributed by atoms with Crippen molar-refractivity contribution in [2.24, 2.45) is 5.92 Å². The third-order valence-electron chi connectivity index (χ3n) is 3.52. The van der Waals surface area contributed by atoms with Gasteiger partial charge < -0.3 is 4.84 Å². The van der Waals surface area contributed by atoms with Gasteiger partial charge >= 0.3 is 0 Å². The first-order valence-corrected chi connectivity index (χ1v) is 5.16. The fraction of sp³-hybridized carbons (Fsp3) is 0.909. The van der Waals surface area contributed by atoms with E-state index >= 15 is 0 Å². The minimum Gasteiger partial charge on any atom is -0.301 e. The maximum atomic E-state index is 9.15. The summed E-state index contributed by atoms with van der Waals surface area (Å²) in [6.07, 6.45) is 1.81. The summed E-state index contributed by atoms with van der Waals surface area (Å²) in [6, 6.07) is 2.40. The molecule has 0 spiro atoms. The molecule has 1 fully saturated rings. The van der Waals surface area contributed by atoms with Gasteiger partial charge in [-0.05, 0) is 33.6 Å². The van der Waals surface area contributed by atoms with Crippen LogP contribution in [0.15, 0.2) is 0 Å². The van der Waals surface area contributed by atoms with Crippen molar-refractivity contribution in [1.82, 2.24) is 5.06 Å². The minimum absolute atomic E-state index is 0.0418. The van der Waals surface area contributed by atoms with Crippen LogP contribution in [0, 0.1) is 17.2 Å². The molecule has 14 heavy (non-hydrogen) atoms. The molecule has 0 radical (unpaired) electrons. The Balaban J connectivity index is 3.06. The Morgan fingerprint density at radius 1 is 1.50 bits per heavy atom. The third kappa shape index (κ3) is 1.43. The molecule has 1 saturated heterocycles. The molecular formula is C11H20N2O. The van der Waals surface area contributed by atoms with Gasteiger partial charge in [-0.15, -0.1) is 0 Å². The van der Waals surface area contributed by atoms with Crippen LogP contribution in [-0.2, 0) is 4.84 Å². The predicted octanol–water partition coefficient (Wildman–Crippen LogP) is 2.34. The van der Waals surface area contributed by atoms with Crippen LogP contribution < -0.4 is 0 Å². The SMILES string of the molecule is CCC1(C)C(C#N)CC(C)(C)N1OC. The highest BCUT2D eigenvalue weighted by Gasteiger charge is 2.54. The summed E-state index contributed by atoms with van der Waals surface area (Å²) in [6.45, 7) is 8.47. The molecule has 2 atom stereocenters. The van der Waals surface area contributed by atoms with Gasteiger partial charge in [0.2, 0.25) is 0 Å². The van der Waals surface area contributed by atoms with Crippen molar-refractivity contribution in [3.05, 3.63) is 0 Å². The Morgan fingerprint density at radius 2 is 2.07 bits per heavy atom. The van der Waals surface area contributed by atoms with Crippen molar-refractivity contribution in [3.63, 3.8) is 0 Å². The molecule has 0 saturated carbocycles. The van der Waals surface area contributed by atoms with Crippen LogP contribution in [-0.4, -0.2) is 23.3 Å². The number of hydrogen-bond donors (Lipinski definition) is 0. The summed E-state index contributed by atoms with van der Waals surface area (Å²) in [5.74, 6) is 0.0578. The molecule has 3 nitrogen and oxygen atoms in total. The maximum Gasteiger partial charge on any atom is 0.0686 e. The van der Waals surface area contributed by atoms with Crippen molar-refractivity contribution >= 4 is 0 Å². The summed E-state index contributed by atoms with van der Waals surface area (Å²) < 4.78 is 0. The fourth-order valence-electron chi connectivity index (χ4n) is 2.67. The summed E-state index contributed by atoms with van der Waals surface area (Å²) in [5.41, 5.74) is -0.188. The molecule has 80 valence electrons. The van der Waals surface area contributed by atoms with Gasteiger partial charge in [-0.2, -0.15) is 10.3 Å². The van der Waals surface area contributed by atoms with Crippen LogP contribution in [0.4, 0.5) is 0 Å². The molecule has 3 heteroatoms. The highest BCUT2D eigenvalue weighted by atomic mass is 16.7. The summed E-state index contributed by atoms with van der Waals surface area (Å²) >= 11 is 0. The van der Waals surface area contributed by atoms with Gasteiger partial charge in [0.25, 0.3) is 0 Å². The molecule has 0 bridgehead atoms. The van der Waals surface area contributed by atoms with E-state index in [1.807, 2.05) is 5.06 Å². The molecule has 1 aliphatic rings. The second-order valence-corrected chi connectivity index (χ2v) is 4.89. The van der Waals surface area contributed by atoms with Gasteiger partial charge in [0.15, 0.2) is 0 Å². The van der Waals surface area contributed by atoms with Crippen molar-refractivity contribution in [2.45, 2.75) is 51.6 Å². The Labute approximate surface area is 86.6 Å². The number of nitrogens with zero attached hydrogens (tertiary/aromatic N) is 2. The van der Waals surface area contributed by atoms with Gasteiger partial charge in [-0.25, -0.2) is 0 Å². The fourth-order valence-corrected chi connectivity index (χ4v) is 2.67. The highest BCUT2D eigenvalue weighted by Crippen LogP contribution is 2.46. The molecule has 2 unspecified atom stereocenters. The van der Waals surface area contributed by atoms with E-state index in [2.05, 4.69) is 33.8 Å². The largest absolute Gasteiger partial charge is 0.301 e. The van der Waals surface area contributed by atoms with Crippen molar-refractivity contribution < 1.29 is 4.84 Å². The Hall–Kier alpha value is -0.590.